The zero-order valence-corrected chi connectivity index (χ0v) is 9.18. The van der Waals surface area contributed by atoms with Gasteiger partial charge < -0.3 is 4.74 Å². The number of aldehydes is 1. The molecule has 2 aromatic rings. The van der Waals surface area contributed by atoms with Crippen LogP contribution in [0.4, 0.5) is 4.39 Å². The van der Waals surface area contributed by atoms with Crippen LogP contribution in [0.3, 0.4) is 0 Å². The molecule has 1 heterocycles. The molecule has 0 aliphatic rings. The minimum Gasteiger partial charge on any atom is -0.494 e. The van der Waals surface area contributed by atoms with Crippen molar-refractivity contribution in [3.8, 4) is 16.9 Å². The third-order valence-electron chi connectivity index (χ3n) is 2.39. The van der Waals surface area contributed by atoms with Crippen LogP contribution in [0.1, 0.15) is 10.5 Å². The Kier molecular flexibility index (Phi) is 3.14. The van der Waals surface area contributed by atoms with Crippen molar-refractivity contribution in [1.82, 2.24) is 4.98 Å². The first-order valence-electron chi connectivity index (χ1n) is 4.99. The molecule has 0 atom stereocenters. The largest absolute Gasteiger partial charge is 0.494 e. The lowest BCUT2D eigenvalue weighted by atomic mass is 10.1. The Bertz CT molecular complexity index is 538. The fraction of sp³-hybridized carbons (Fsp3) is 0.0769. The summed E-state index contributed by atoms with van der Waals surface area (Å²) in [7, 11) is 1.42. The maximum absolute atomic E-state index is 13.5. The second kappa shape index (κ2) is 4.74. The third-order valence-corrected chi connectivity index (χ3v) is 2.39. The van der Waals surface area contributed by atoms with E-state index in [1.807, 2.05) is 0 Å². The predicted octanol–water partition coefficient (Wildman–Crippen LogP) is 2.71. The lowest BCUT2D eigenvalue weighted by Gasteiger charge is -2.05. The van der Waals surface area contributed by atoms with Gasteiger partial charge in [0.05, 0.1) is 7.11 Å². The van der Waals surface area contributed by atoms with Gasteiger partial charge in [0.15, 0.2) is 17.9 Å². The van der Waals surface area contributed by atoms with E-state index in [0.29, 0.717) is 17.5 Å². The summed E-state index contributed by atoms with van der Waals surface area (Å²) < 4.78 is 18.3. The molecule has 0 saturated carbocycles. The first-order valence-corrected chi connectivity index (χ1v) is 4.99. The van der Waals surface area contributed by atoms with E-state index in [2.05, 4.69) is 4.98 Å². The number of methoxy groups -OCH3 is 1. The number of hydrogen-bond acceptors (Lipinski definition) is 3. The van der Waals surface area contributed by atoms with E-state index in [0.717, 1.165) is 5.56 Å². The summed E-state index contributed by atoms with van der Waals surface area (Å²) in [6, 6.07) is 7.97. The van der Waals surface area contributed by atoms with Crippen molar-refractivity contribution in [2.75, 3.05) is 7.11 Å². The first kappa shape index (κ1) is 11.3. The Morgan fingerprint density at radius 2 is 2.00 bits per heavy atom. The van der Waals surface area contributed by atoms with Gasteiger partial charge in [-0.1, -0.05) is 12.1 Å². The van der Waals surface area contributed by atoms with Gasteiger partial charge in [-0.3, -0.25) is 9.78 Å². The van der Waals surface area contributed by atoms with Crippen LogP contribution in [0.5, 0.6) is 5.75 Å². The summed E-state index contributed by atoms with van der Waals surface area (Å²) in [5.74, 6) is -0.226. The fourth-order valence-corrected chi connectivity index (χ4v) is 1.49. The molecule has 2 rings (SSSR count). The molecule has 0 amide bonds. The molecule has 0 N–H and O–H groups in total. The zero-order chi connectivity index (χ0) is 12.3. The number of hydrogen-bond donors (Lipinski definition) is 0. The van der Waals surface area contributed by atoms with Gasteiger partial charge in [-0.25, -0.2) is 4.39 Å². The van der Waals surface area contributed by atoms with Crippen molar-refractivity contribution in [2.24, 2.45) is 0 Å². The van der Waals surface area contributed by atoms with E-state index in [1.165, 1.54) is 19.4 Å². The molecule has 0 fully saturated rings. The number of halogens is 1. The molecule has 17 heavy (non-hydrogen) atoms. The molecule has 0 saturated heterocycles. The lowest BCUT2D eigenvalue weighted by molar-refractivity contribution is 0.111. The highest BCUT2D eigenvalue weighted by Crippen LogP contribution is 2.24. The minimum atomic E-state index is -0.426. The molecular weight excluding hydrogens is 221 g/mol. The lowest BCUT2D eigenvalue weighted by Crippen LogP contribution is -1.90. The normalized spacial score (nSPS) is 10.0. The molecular formula is C13H10FNO2. The maximum atomic E-state index is 13.5. The Morgan fingerprint density at radius 3 is 2.53 bits per heavy atom. The summed E-state index contributed by atoms with van der Waals surface area (Å²) in [5.41, 5.74) is 1.79. The van der Waals surface area contributed by atoms with Crippen molar-refractivity contribution in [3.63, 3.8) is 0 Å². The molecule has 0 unspecified atom stereocenters. The van der Waals surface area contributed by atoms with E-state index >= 15 is 0 Å². The van der Waals surface area contributed by atoms with Crippen LogP contribution in [0.2, 0.25) is 0 Å². The van der Waals surface area contributed by atoms with Gasteiger partial charge in [0, 0.05) is 11.8 Å². The minimum absolute atomic E-state index is 0.200. The molecule has 0 spiro atoms. The summed E-state index contributed by atoms with van der Waals surface area (Å²) in [6.07, 6.45) is 2.20. The van der Waals surface area contributed by atoms with Crippen molar-refractivity contribution >= 4 is 6.29 Å². The Hall–Kier alpha value is -2.23. The van der Waals surface area contributed by atoms with Gasteiger partial charge in [0.25, 0.3) is 0 Å². The van der Waals surface area contributed by atoms with Gasteiger partial charge in [0.2, 0.25) is 0 Å². The Labute approximate surface area is 97.9 Å². The number of aromatic nitrogens is 1. The van der Waals surface area contributed by atoms with Crippen LogP contribution in [0.15, 0.2) is 36.5 Å². The van der Waals surface area contributed by atoms with Gasteiger partial charge >= 0.3 is 0 Å². The first-order chi connectivity index (χ1) is 8.24. The molecule has 3 nitrogen and oxygen atoms in total. The number of nitrogens with zero attached hydrogens (tertiary/aromatic N) is 1. The van der Waals surface area contributed by atoms with E-state index in [9.17, 15) is 9.18 Å². The molecule has 1 aromatic heterocycles. The molecule has 1 aromatic carbocycles. The van der Waals surface area contributed by atoms with E-state index in [-0.39, 0.29) is 5.75 Å². The van der Waals surface area contributed by atoms with Crippen LogP contribution in [-0.4, -0.2) is 18.4 Å². The molecule has 0 radical (unpaired) electrons. The number of pyridine rings is 1. The van der Waals surface area contributed by atoms with Crippen LogP contribution in [0, 0.1) is 5.82 Å². The molecule has 4 heteroatoms. The Morgan fingerprint density at radius 1 is 1.24 bits per heavy atom. The maximum Gasteiger partial charge on any atom is 0.168 e. The predicted molar refractivity (Wildman–Crippen MR) is 61.6 cm³/mol. The van der Waals surface area contributed by atoms with Crippen LogP contribution < -0.4 is 4.74 Å². The number of benzene rings is 1. The van der Waals surface area contributed by atoms with E-state index in [1.54, 1.807) is 24.3 Å². The Balaban J connectivity index is 2.38. The second-order valence-electron chi connectivity index (χ2n) is 3.44. The zero-order valence-electron chi connectivity index (χ0n) is 9.18. The van der Waals surface area contributed by atoms with Gasteiger partial charge in [-0.15, -0.1) is 0 Å². The quantitative estimate of drug-likeness (QED) is 0.762. The highest BCUT2D eigenvalue weighted by Gasteiger charge is 2.05. The van der Waals surface area contributed by atoms with Crippen LogP contribution in [-0.2, 0) is 0 Å². The van der Waals surface area contributed by atoms with Crippen molar-refractivity contribution in [1.29, 1.82) is 0 Å². The number of carbonyl (C=O) groups is 1. The van der Waals surface area contributed by atoms with E-state index in [4.69, 9.17) is 4.74 Å². The summed E-state index contributed by atoms with van der Waals surface area (Å²) in [5, 5.41) is 0. The number of ether oxygens (including phenoxy) is 1. The third kappa shape index (κ3) is 2.30. The monoisotopic (exact) mass is 231 g/mol. The topological polar surface area (TPSA) is 39.2 Å². The fourth-order valence-electron chi connectivity index (χ4n) is 1.49. The van der Waals surface area contributed by atoms with E-state index < -0.39 is 5.82 Å². The van der Waals surface area contributed by atoms with Gasteiger partial charge in [-0.2, -0.15) is 0 Å². The average molecular weight is 231 g/mol. The highest BCUT2D eigenvalue weighted by atomic mass is 19.1. The molecule has 0 aliphatic heterocycles. The summed E-state index contributed by atoms with van der Waals surface area (Å²) in [4.78, 5) is 14.4. The van der Waals surface area contributed by atoms with Crippen LogP contribution >= 0.6 is 0 Å². The smallest absolute Gasteiger partial charge is 0.168 e. The number of carbonyl (C=O) groups excluding carboxylic acids is 1. The van der Waals surface area contributed by atoms with Crippen molar-refractivity contribution in [3.05, 3.63) is 48.0 Å². The average Bonchev–Trinajstić information content (AvgIpc) is 2.39. The van der Waals surface area contributed by atoms with Crippen molar-refractivity contribution < 1.29 is 13.9 Å². The summed E-state index contributed by atoms with van der Waals surface area (Å²) >= 11 is 0. The van der Waals surface area contributed by atoms with Crippen molar-refractivity contribution in [2.45, 2.75) is 0 Å². The van der Waals surface area contributed by atoms with Gasteiger partial charge in [0.1, 0.15) is 5.69 Å². The molecule has 86 valence electrons. The van der Waals surface area contributed by atoms with Crippen LogP contribution in [0.25, 0.3) is 11.1 Å². The van der Waals surface area contributed by atoms with Gasteiger partial charge in [-0.05, 0) is 23.8 Å². The molecule has 0 aliphatic carbocycles. The summed E-state index contributed by atoms with van der Waals surface area (Å²) in [6.45, 7) is 0. The SMILES string of the molecule is COc1ccc(-c2ccc(C=O)nc2)cc1F. The number of rotatable bonds is 3. The molecule has 0 bridgehead atoms. The second-order valence-corrected chi connectivity index (χ2v) is 3.44. The highest BCUT2D eigenvalue weighted by molar-refractivity contribution is 5.73. The standard InChI is InChI=1S/C13H10FNO2/c1-17-13-5-3-9(6-12(13)14)10-2-4-11(8-16)15-7-10/h2-8H,1H3.